The molecule has 0 fully saturated rings. The Kier molecular flexibility index (Phi) is 6.65. The number of rotatable bonds is 6. The number of aromatic hydroxyl groups is 1. The van der Waals surface area contributed by atoms with E-state index in [0.717, 1.165) is 28.0 Å². The van der Waals surface area contributed by atoms with Crippen molar-refractivity contribution >= 4 is 11.9 Å². The van der Waals surface area contributed by atoms with Gasteiger partial charge in [0.05, 0.1) is 18.1 Å². The van der Waals surface area contributed by atoms with Gasteiger partial charge in [-0.1, -0.05) is 29.9 Å². The fourth-order valence-electron chi connectivity index (χ4n) is 4.42. The zero-order valence-corrected chi connectivity index (χ0v) is 21.1. The van der Waals surface area contributed by atoms with E-state index in [2.05, 4.69) is 6.58 Å². The number of fused-ring (bicyclic) bond motifs is 2. The van der Waals surface area contributed by atoms with Crippen LogP contribution < -0.4 is 9.47 Å². The van der Waals surface area contributed by atoms with Crippen molar-refractivity contribution in [1.29, 1.82) is 0 Å². The van der Waals surface area contributed by atoms with Crippen molar-refractivity contribution in [3.63, 3.8) is 0 Å². The maximum atomic E-state index is 13.1. The molecule has 2 N–H and O–H groups in total. The molecule has 2 atom stereocenters. The Morgan fingerprint density at radius 1 is 1.23 bits per heavy atom. The van der Waals surface area contributed by atoms with E-state index in [1.165, 1.54) is 0 Å². The third kappa shape index (κ3) is 5.20. The lowest BCUT2D eigenvalue weighted by atomic mass is 9.89. The molecule has 5 nitrogen and oxygen atoms in total. The summed E-state index contributed by atoms with van der Waals surface area (Å²) in [5, 5.41) is 21.1. The summed E-state index contributed by atoms with van der Waals surface area (Å²) in [5.74, 6) is 1.26. The molecule has 2 aromatic rings. The minimum absolute atomic E-state index is 0.0242. The number of ether oxygens (including phenoxy) is 2. The van der Waals surface area contributed by atoms with E-state index in [4.69, 9.17) is 9.47 Å². The number of aliphatic hydroxyl groups excluding tert-OH is 1. The summed E-state index contributed by atoms with van der Waals surface area (Å²) in [6, 6.07) is 7.14. The Hall–Kier alpha value is -3.31. The minimum Gasteiger partial charge on any atom is -0.508 e. The van der Waals surface area contributed by atoms with Gasteiger partial charge < -0.3 is 19.7 Å². The highest BCUT2D eigenvalue weighted by Crippen LogP contribution is 2.43. The third-order valence-electron chi connectivity index (χ3n) is 6.48. The molecule has 2 heterocycles. The standard InChI is InChI=1S/C30H34O5/c1-17(2)7-8-22-24(31)10-9-23-26(33)16-27(34-29(22)23)20-13-19-11-12-30(5,6)35-28(19)21(14-20)15-25(32)18(3)4/h7,9-14,25,27,31-32H,3,8,15-16H2,1-2,4-6H3/t25-,27-/m0/s1. The van der Waals surface area contributed by atoms with Gasteiger partial charge in [-0.15, -0.1) is 0 Å². The van der Waals surface area contributed by atoms with Gasteiger partial charge in [0.25, 0.3) is 0 Å². The first kappa shape index (κ1) is 24.8. The average molecular weight is 475 g/mol. The highest BCUT2D eigenvalue weighted by atomic mass is 16.5. The lowest BCUT2D eigenvalue weighted by molar-refractivity contribution is 0.0847. The Balaban J connectivity index is 1.78. The van der Waals surface area contributed by atoms with Gasteiger partial charge in [0.15, 0.2) is 5.78 Å². The highest BCUT2D eigenvalue weighted by molar-refractivity contribution is 6.00. The maximum absolute atomic E-state index is 13.1. The van der Waals surface area contributed by atoms with Crippen LogP contribution in [-0.4, -0.2) is 27.7 Å². The molecule has 2 aromatic carbocycles. The molecule has 184 valence electrons. The molecule has 0 aliphatic carbocycles. The number of hydrogen-bond acceptors (Lipinski definition) is 5. The van der Waals surface area contributed by atoms with Gasteiger partial charge in [-0.05, 0) is 82.5 Å². The highest BCUT2D eigenvalue weighted by Gasteiger charge is 2.33. The van der Waals surface area contributed by atoms with E-state index in [1.54, 1.807) is 19.1 Å². The van der Waals surface area contributed by atoms with Crippen LogP contribution in [0.15, 0.2) is 54.1 Å². The SMILES string of the molecule is C=C(C)[C@@H](O)Cc1cc([C@@H]2CC(=O)c3ccc(O)c(CC=C(C)C)c3O2)cc2c1OC(C)(C)C=C2. The summed E-state index contributed by atoms with van der Waals surface area (Å²) in [6.45, 7) is 13.6. The van der Waals surface area contributed by atoms with Crippen LogP contribution in [0.1, 0.15) is 79.8 Å². The van der Waals surface area contributed by atoms with Gasteiger partial charge >= 0.3 is 0 Å². The summed E-state index contributed by atoms with van der Waals surface area (Å²) in [4.78, 5) is 13.1. The molecule has 2 aliphatic rings. The van der Waals surface area contributed by atoms with Crippen molar-refractivity contribution in [3.05, 3.63) is 82.0 Å². The average Bonchev–Trinajstić information content (AvgIpc) is 2.77. The van der Waals surface area contributed by atoms with Crippen molar-refractivity contribution in [2.75, 3.05) is 0 Å². The van der Waals surface area contributed by atoms with E-state index in [-0.39, 0.29) is 18.0 Å². The van der Waals surface area contributed by atoms with E-state index >= 15 is 0 Å². The predicted octanol–water partition coefficient (Wildman–Crippen LogP) is 6.27. The number of carbonyl (C=O) groups excluding carboxylic acids is 1. The summed E-state index contributed by atoms with van der Waals surface area (Å²) >= 11 is 0. The minimum atomic E-state index is -0.714. The second-order valence-electron chi connectivity index (χ2n) is 10.4. The molecular formula is C30H34O5. The Morgan fingerprint density at radius 2 is 1.97 bits per heavy atom. The van der Waals surface area contributed by atoms with Gasteiger partial charge in [-0.25, -0.2) is 0 Å². The number of aliphatic hydroxyl groups is 1. The summed E-state index contributed by atoms with van der Waals surface area (Å²) < 4.78 is 12.7. The largest absolute Gasteiger partial charge is 0.508 e. The van der Waals surface area contributed by atoms with Gasteiger partial charge in [-0.2, -0.15) is 0 Å². The molecule has 2 aliphatic heterocycles. The van der Waals surface area contributed by atoms with E-state index in [1.807, 2.05) is 58.1 Å². The smallest absolute Gasteiger partial charge is 0.170 e. The van der Waals surface area contributed by atoms with Crippen molar-refractivity contribution in [2.24, 2.45) is 0 Å². The molecule has 0 saturated carbocycles. The monoisotopic (exact) mass is 474 g/mol. The quantitative estimate of drug-likeness (QED) is 0.483. The van der Waals surface area contributed by atoms with Crippen LogP contribution in [0.25, 0.3) is 6.08 Å². The first-order chi connectivity index (χ1) is 16.4. The molecule has 0 aromatic heterocycles. The summed E-state index contributed by atoms with van der Waals surface area (Å²) in [7, 11) is 0. The zero-order chi connectivity index (χ0) is 25.5. The number of hydrogen-bond donors (Lipinski definition) is 2. The zero-order valence-electron chi connectivity index (χ0n) is 21.1. The molecule has 0 amide bonds. The number of ketones is 1. The second-order valence-corrected chi connectivity index (χ2v) is 10.4. The van der Waals surface area contributed by atoms with Crippen molar-refractivity contribution in [2.45, 2.75) is 71.7 Å². The fraction of sp³-hybridized carbons (Fsp3) is 0.367. The maximum Gasteiger partial charge on any atom is 0.170 e. The lowest BCUT2D eigenvalue weighted by Crippen LogP contribution is -2.29. The molecule has 35 heavy (non-hydrogen) atoms. The topological polar surface area (TPSA) is 76.0 Å². The van der Waals surface area contributed by atoms with Crippen LogP contribution >= 0.6 is 0 Å². The Bertz CT molecular complexity index is 1240. The van der Waals surface area contributed by atoms with Crippen molar-refractivity contribution in [3.8, 4) is 17.2 Å². The second kappa shape index (κ2) is 9.38. The number of benzene rings is 2. The van der Waals surface area contributed by atoms with Crippen LogP contribution in [0, 0.1) is 0 Å². The van der Waals surface area contributed by atoms with E-state index < -0.39 is 17.8 Å². The van der Waals surface area contributed by atoms with Gasteiger partial charge in [0, 0.05) is 17.5 Å². The number of allylic oxidation sites excluding steroid dienone is 2. The normalized spacial score (nSPS) is 18.6. The molecular weight excluding hydrogens is 440 g/mol. The van der Waals surface area contributed by atoms with Crippen molar-refractivity contribution < 1.29 is 24.5 Å². The Labute approximate surface area is 207 Å². The molecule has 5 heteroatoms. The third-order valence-corrected chi connectivity index (χ3v) is 6.48. The molecule has 0 spiro atoms. The summed E-state index contributed by atoms with van der Waals surface area (Å²) in [6.07, 6.45) is 5.80. The number of Topliss-reactive ketones (excluding diaryl/α,β-unsaturated/α-hetero) is 1. The van der Waals surface area contributed by atoms with Gasteiger partial charge in [0.2, 0.25) is 0 Å². The molecule has 0 radical (unpaired) electrons. The van der Waals surface area contributed by atoms with Crippen LogP contribution in [0.2, 0.25) is 0 Å². The lowest BCUT2D eigenvalue weighted by Gasteiger charge is -2.32. The Morgan fingerprint density at radius 3 is 2.66 bits per heavy atom. The molecule has 0 unspecified atom stereocenters. The van der Waals surface area contributed by atoms with Crippen LogP contribution in [0.4, 0.5) is 0 Å². The number of phenolic OH excluding ortho intramolecular Hbond substituents is 1. The fourth-order valence-corrected chi connectivity index (χ4v) is 4.42. The van der Waals surface area contributed by atoms with Crippen LogP contribution in [-0.2, 0) is 12.8 Å². The number of phenols is 1. The molecule has 4 rings (SSSR count). The van der Waals surface area contributed by atoms with Crippen LogP contribution in [0.3, 0.4) is 0 Å². The number of carbonyl (C=O) groups is 1. The van der Waals surface area contributed by atoms with Crippen LogP contribution in [0.5, 0.6) is 17.2 Å². The van der Waals surface area contributed by atoms with Gasteiger partial charge in [0.1, 0.15) is 29.0 Å². The molecule has 0 saturated heterocycles. The predicted molar refractivity (Wildman–Crippen MR) is 138 cm³/mol. The van der Waals surface area contributed by atoms with E-state index in [0.29, 0.717) is 35.3 Å². The first-order valence-corrected chi connectivity index (χ1v) is 12.0. The first-order valence-electron chi connectivity index (χ1n) is 12.0. The van der Waals surface area contributed by atoms with E-state index in [9.17, 15) is 15.0 Å². The summed E-state index contributed by atoms with van der Waals surface area (Å²) in [5.41, 5.74) is 4.99. The molecule has 0 bridgehead atoms. The van der Waals surface area contributed by atoms with Gasteiger partial charge in [-0.3, -0.25) is 4.79 Å². The van der Waals surface area contributed by atoms with Crippen molar-refractivity contribution in [1.82, 2.24) is 0 Å².